The van der Waals surface area contributed by atoms with Crippen molar-refractivity contribution in [3.8, 4) is 11.8 Å². The van der Waals surface area contributed by atoms with E-state index in [1.54, 1.807) is 13.8 Å². The molecule has 0 aliphatic heterocycles. The smallest absolute Gasteiger partial charge is 0.341 e. The van der Waals surface area contributed by atoms with Crippen molar-refractivity contribution in [2.75, 3.05) is 5.73 Å². The summed E-state index contributed by atoms with van der Waals surface area (Å²) in [4.78, 5) is 4.07. The lowest BCUT2D eigenvalue weighted by molar-refractivity contribution is 0.427. The first-order chi connectivity index (χ1) is 8.06. The maximum absolute atomic E-state index is 13.2. The molecule has 0 aliphatic rings. The second kappa shape index (κ2) is 4.32. The van der Waals surface area contributed by atoms with Gasteiger partial charge in [-0.15, -0.1) is 5.10 Å². The van der Waals surface area contributed by atoms with Gasteiger partial charge in [0.2, 0.25) is 0 Å². The van der Waals surface area contributed by atoms with Gasteiger partial charge in [0, 0.05) is 6.07 Å². The molecule has 0 amide bonds. The molecule has 0 fully saturated rings. The molecule has 2 aromatic rings. The lowest BCUT2D eigenvalue weighted by Crippen LogP contribution is -2.00. The molecule has 0 spiro atoms. The fourth-order valence-corrected chi connectivity index (χ4v) is 1.16. The van der Waals surface area contributed by atoms with E-state index >= 15 is 0 Å². The SMILES string of the molecule is Cc1nnc(Oc2ccc(N)c(F)c2)nc1C. The Hall–Kier alpha value is -2.24. The number of ether oxygens (including phenoxy) is 1. The van der Waals surface area contributed by atoms with Gasteiger partial charge in [-0.05, 0) is 26.0 Å². The molecule has 0 saturated heterocycles. The van der Waals surface area contributed by atoms with Gasteiger partial charge in [0.25, 0.3) is 0 Å². The summed E-state index contributed by atoms with van der Waals surface area (Å²) in [7, 11) is 0. The van der Waals surface area contributed by atoms with Crippen LogP contribution in [0.25, 0.3) is 0 Å². The number of benzene rings is 1. The monoisotopic (exact) mass is 234 g/mol. The highest BCUT2D eigenvalue weighted by Crippen LogP contribution is 2.21. The average Bonchev–Trinajstić information content (AvgIpc) is 2.29. The first-order valence-electron chi connectivity index (χ1n) is 4.97. The fourth-order valence-electron chi connectivity index (χ4n) is 1.16. The Morgan fingerprint density at radius 2 is 1.94 bits per heavy atom. The summed E-state index contributed by atoms with van der Waals surface area (Å²) in [5, 5.41) is 7.61. The number of halogens is 1. The topological polar surface area (TPSA) is 73.9 Å². The molecule has 0 unspecified atom stereocenters. The average molecular weight is 234 g/mol. The van der Waals surface area contributed by atoms with E-state index in [9.17, 15) is 4.39 Å². The van der Waals surface area contributed by atoms with E-state index in [2.05, 4.69) is 15.2 Å². The molecule has 2 rings (SSSR count). The number of rotatable bonds is 2. The number of hydrogen-bond acceptors (Lipinski definition) is 5. The number of aromatic nitrogens is 3. The van der Waals surface area contributed by atoms with Crippen LogP contribution in [0.2, 0.25) is 0 Å². The van der Waals surface area contributed by atoms with E-state index in [1.165, 1.54) is 18.2 Å². The van der Waals surface area contributed by atoms with E-state index in [0.29, 0.717) is 5.69 Å². The largest absolute Gasteiger partial charge is 0.423 e. The summed E-state index contributed by atoms with van der Waals surface area (Å²) >= 11 is 0. The number of hydrogen-bond donors (Lipinski definition) is 1. The maximum atomic E-state index is 13.2. The number of nitrogens with zero attached hydrogens (tertiary/aromatic N) is 3. The molecule has 0 aliphatic carbocycles. The minimum Gasteiger partial charge on any atom is -0.423 e. The van der Waals surface area contributed by atoms with Crippen LogP contribution >= 0.6 is 0 Å². The Kier molecular flexibility index (Phi) is 2.86. The van der Waals surface area contributed by atoms with Crippen molar-refractivity contribution in [2.24, 2.45) is 0 Å². The van der Waals surface area contributed by atoms with Crippen molar-refractivity contribution in [3.63, 3.8) is 0 Å². The van der Waals surface area contributed by atoms with Crippen LogP contribution in [0, 0.1) is 19.7 Å². The molecule has 1 aromatic carbocycles. The van der Waals surface area contributed by atoms with Crippen LogP contribution in [0.15, 0.2) is 18.2 Å². The second-order valence-corrected chi connectivity index (χ2v) is 3.55. The van der Waals surface area contributed by atoms with E-state index in [0.717, 1.165) is 5.69 Å². The molecule has 0 saturated carbocycles. The first kappa shape index (κ1) is 11.3. The molecular formula is C11H11FN4O. The van der Waals surface area contributed by atoms with Gasteiger partial charge in [0.15, 0.2) is 0 Å². The van der Waals surface area contributed by atoms with Crippen molar-refractivity contribution >= 4 is 5.69 Å². The number of aryl methyl sites for hydroxylation is 2. The van der Waals surface area contributed by atoms with Gasteiger partial charge in [0.1, 0.15) is 11.6 Å². The molecule has 5 nitrogen and oxygen atoms in total. The zero-order chi connectivity index (χ0) is 12.4. The van der Waals surface area contributed by atoms with Gasteiger partial charge < -0.3 is 10.5 Å². The van der Waals surface area contributed by atoms with E-state index in [1.807, 2.05) is 0 Å². The van der Waals surface area contributed by atoms with Crippen molar-refractivity contribution in [1.29, 1.82) is 0 Å². The predicted molar refractivity (Wildman–Crippen MR) is 60.2 cm³/mol. The predicted octanol–water partition coefficient (Wildman–Crippen LogP) is 2.00. The summed E-state index contributed by atoms with van der Waals surface area (Å²) in [5.41, 5.74) is 6.85. The summed E-state index contributed by atoms with van der Waals surface area (Å²) in [6.45, 7) is 3.59. The second-order valence-electron chi connectivity index (χ2n) is 3.55. The third kappa shape index (κ3) is 2.47. The van der Waals surface area contributed by atoms with Gasteiger partial charge in [0.05, 0.1) is 17.1 Å². The van der Waals surface area contributed by atoms with Crippen molar-refractivity contribution in [2.45, 2.75) is 13.8 Å². The normalized spacial score (nSPS) is 10.3. The first-order valence-corrected chi connectivity index (χ1v) is 4.97. The number of nitrogen functional groups attached to an aromatic ring is 1. The quantitative estimate of drug-likeness (QED) is 0.804. The highest BCUT2D eigenvalue weighted by Gasteiger charge is 2.06. The van der Waals surface area contributed by atoms with Crippen molar-refractivity contribution in [1.82, 2.24) is 15.2 Å². The molecule has 88 valence electrons. The Balaban J connectivity index is 2.25. The van der Waals surface area contributed by atoms with Crippen LogP contribution in [-0.4, -0.2) is 15.2 Å². The third-order valence-corrected chi connectivity index (χ3v) is 2.25. The Bertz CT molecular complexity index is 510. The maximum Gasteiger partial charge on any atom is 0.341 e. The van der Waals surface area contributed by atoms with E-state index in [4.69, 9.17) is 10.5 Å². The van der Waals surface area contributed by atoms with Crippen LogP contribution in [0.3, 0.4) is 0 Å². The lowest BCUT2D eigenvalue weighted by Gasteiger charge is -2.05. The lowest BCUT2D eigenvalue weighted by atomic mass is 10.3. The summed E-state index contributed by atoms with van der Waals surface area (Å²) in [5.74, 6) is -0.263. The van der Waals surface area contributed by atoms with Gasteiger partial charge in [-0.1, -0.05) is 5.10 Å². The van der Waals surface area contributed by atoms with Gasteiger partial charge in [-0.3, -0.25) is 0 Å². The molecule has 17 heavy (non-hydrogen) atoms. The molecule has 2 N–H and O–H groups in total. The summed E-state index contributed by atoms with van der Waals surface area (Å²) in [6, 6.07) is 4.21. The van der Waals surface area contributed by atoms with Crippen molar-refractivity contribution in [3.05, 3.63) is 35.4 Å². The van der Waals surface area contributed by atoms with Gasteiger partial charge >= 0.3 is 6.01 Å². The van der Waals surface area contributed by atoms with Crippen LogP contribution in [-0.2, 0) is 0 Å². The van der Waals surface area contributed by atoms with Gasteiger partial charge in [-0.25, -0.2) is 4.39 Å². The summed E-state index contributed by atoms with van der Waals surface area (Å²) in [6.07, 6.45) is 0. The molecule has 6 heteroatoms. The van der Waals surface area contributed by atoms with Crippen LogP contribution in [0.1, 0.15) is 11.4 Å². The number of anilines is 1. The highest BCUT2D eigenvalue weighted by atomic mass is 19.1. The standard InChI is InChI=1S/C11H11FN4O/c1-6-7(2)15-16-11(14-6)17-8-3-4-10(13)9(12)5-8/h3-5H,13H2,1-2H3. The molecule has 0 radical (unpaired) electrons. The van der Waals surface area contributed by atoms with Crippen molar-refractivity contribution < 1.29 is 9.13 Å². The fraction of sp³-hybridized carbons (Fsp3) is 0.182. The Morgan fingerprint density at radius 3 is 2.59 bits per heavy atom. The number of nitrogens with two attached hydrogens (primary N) is 1. The molecule has 0 bridgehead atoms. The zero-order valence-corrected chi connectivity index (χ0v) is 9.44. The Labute approximate surface area is 97.5 Å². The minimum atomic E-state index is -0.542. The molecular weight excluding hydrogens is 223 g/mol. The third-order valence-electron chi connectivity index (χ3n) is 2.25. The highest BCUT2D eigenvalue weighted by molar-refractivity contribution is 5.44. The minimum absolute atomic E-state index is 0.0662. The van der Waals surface area contributed by atoms with E-state index < -0.39 is 5.82 Å². The molecule has 0 atom stereocenters. The van der Waals surface area contributed by atoms with E-state index in [-0.39, 0.29) is 17.4 Å². The van der Waals surface area contributed by atoms with Crippen LogP contribution < -0.4 is 10.5 Å². The van der Waals surface area contributed by atoms with Gasteiger partial charge in [-0.2, -0.15) is 4.98 Å². The molecule has 1 aromatic heterocycles. The van der Waals surface area contributed by atoms with Crippen LogP contribution in [0.4, 0.5) is 10.1 Å². The summed E-state index contributed by atoms with van der Waals surface area (Å²) < 4.78 is 18.4. The van der Waals surface area contributed by atoms with Crippen LogP contribution in [0.5, 0.6) is 11.8 Å². The molecule has 1 heterocycles. The Morgan fingerprint density at radius 1 is 1.18 bits per heavy atom. The zero-order valence-electron chi connectivity index (χ0n) is 9.44.